The summed E-state index contributed by atoms with van der Waals surface area (Å²) in [5.41, 5.74) is 0.242. The van der Waals surface area contributed by atoms with Gasteiger partial charge in [0.05, 0.1) is 30.9 Å². The molecule has 0 radical (unpaired) electrons. The van der Waals surface area contributed by atoms with Crippen molar-refractivity contribution in [2.45, 2.75) is 25.0 Å². The first kappa shape index (κ1) is 16.2. The Kier molecular flexibility index (Phi) is 5.48. The predicted octanol–water partition coefficient (Wildman–Crippen LogP) is 1.64. The highest BCUT2D eigenvalue weighted by Gasteiger charge is 2.33. The fourth-order valence-electron chi connectivity index (χ4n) is 3.18. The standard InChI is InChI=1S/C17H23NO5/c19-17(20)13-3-1-4-14(11-13)22-10-7-18-6-9-21-12-15(18)16-5-2-8-23-16/h1,3-4,11,15-16H,2,5-10,12H2,(H,19,20). The molecule has 2 fully saturated rings. The maximum atomic E-state index is 11.0. The van der Waals surface area contributed by atoms with Crippen LogP contribution in [0.15, 0.2) is 24.3 Å². The number of nitrogens with zero attached hydrogens (tertiary/aromatic N) is 1. The van der Waals surface area contributed by atoms with Crippen molar-refractivity contribution in [2.24, 2.45) is 0 Å². The zero-order chi connectivity index (χ0) is 16.1. The number of carboxylic acids is 1. The van der Waals surface area contributed by atoms with E-state index >= 15 is 0 Å². The van der Waals surface area contributed by atoms with Crippen LogP contribution >= 0.6 is 0 Å². The molecule has 0 amide bonds. The molecule has 1 aromatic rings. The Labute approximate surface area is 135 Å². The lowest BCUT2D eigenvalue weighted by Gasteiger charge is -2.38. The minimum atomic E-state index is -0.943. The van der Waals surface area contributed by atoms with Crippen molar-refractivity contribution < 1.29 is 24.1 Å². The summed E-state index contributed by atoms with van der Waals surface area (Å²) in [6.45, 7) is 4.46. The van der Waals surface area contributed by atoms with Crippen LogP contribution in [0, 0.1) is 0 Å². The molecule has 2 unspecified atom stereocenters. The lowest BCUT2D eigenvalue weighted by molar-refractivity contribution is -0.0678. The Balaban J connectivity index is 1.52. The van der Waals surface area contributed by atoms with Gasteiger partial charge in [-0.3, -0.25) is 4.90 Å². The molecule has 6 nitrogen and oxygen atoms in total. The third-order valence-corrected chi connectivity index (χ3v) is 4.40. The van der Waals surface area contributed by atoms with Gasteiger partial charge in [-0.05, 0) is 31.0 Å². The maximum absolute atomic E-state index is 11.0. The zero-order valence-corrected chi connectivity index (χ0v) is 13.1. The monoisotopic (exact) mass is 321 g/mol. The van der Waals surface area contributed by atoms with Gasteiger partial charge in [0.1, 0.15) is 12.4 Å². The Hall–Kier alpha value is -1.63. The molecule has 2 atom stereocenters. The molecule has 0 spiro atoms. The average Bonchev–Trinajstić information content (AvgIpc) is 3.10. The van der Waals surface area contributed by atoms with E-state index in [4.69, 9.17) is 19.3 Å². The SMILES string of the molecule is O=C(O)c1cccc(OCCN2CCOCC2C2CCCO2)c1. The van der Waals surface area contributed by atoms with E-state index in [0.717, 1.165) is 39.1 Å². The van der Waals surface area contributed by atoms with Gasteiger partial charge in [-0.1, -0.05) is 6.07 Å². The van der Waals surface area contributed by atoms with E-state index in [-0.39, 0.29) is 11.7 Å². The number of hydrogen-bond acceptors (Lipinski definition) is 5. The second-order valence-electron chi connectivity index (χ2n) is 5.91. The Morgan fingerprint density at radius 1 is 1.39 bits per heavy atom. The van der Waals surface area contributed by atoms with E-state index in [1.807, 2.05) is 0 Å². The van der Waals surface area contributed by atoms with Crippen molar-refractivity contribution in [1.29, 1.82) is 0 Å². The van der Waals surface area contributed by atoms with Crippen LogP contribution in [-0.2, 0) is 9.47 Å². The summed E-state index contributed by atoms with van der Waals surface area (Å²) < 4.78 is 17.1. The summed E-state index contributed by atoms with van der Waals surface area (Å²) in [5, 5.41) is 9.00. The molecule has 3 rings (SSSR count). The van der Waals surface area contributed by atoms with Crippen molar-refractivity contribution in [2.75, 3.05) is 39.5 Å². The minimum Gasteiger partial charge on any atom is -0.492 e. The first-order valence-electron chi connectivity index (χ1n) is 8.13. The molecule has 0 saturated carbocycles. The van der Waals surface area contributed by atoms with Crippen LogP contribution in [0.5, 0.6) is 5.75 Å². The molecule has 2 saturated heterocycles. The van der Waals surface area contributed by atoms with E-state index in [1.165, 1.54) is 0 Å². The summed E-state index contributed by atoms with van der Waals surface area (Å²) >= 11 is 0. The van der Waals surface area contributed by atoms with Gasteiger partial charge in [0.15, 0.2) is 0 Å². The predicted molar refractivity (Wildman–Crippen MR) is 84.1 cm³/mol. The van der Waals surface area contributed by atoms with Crippen molar-refractivity contribution in [3.63, 3.8) is 0 Å². The van der Waals surface area contributed by atoms with Crippen molar-refractivity contribution in [1.82, 2.24) is 4.90 Å². The molecule has 0 bridgehead atoms. The molecule has 1 N–H and O–H groups in total. The van der Waals surface area contributed by atoms with Gasteiger partial charge in [0.2, 0.25) is 0 Å². The van der Waals surface area contributed by atoms with Gasteiger partial charge in [0.25, 0.3) is 0 Å². The Morgan fingerprint density at radius 2 is 2.30 bits per heavy atom. The molecule has 0 aliphatic carbocycles. The number of aromatic carboxylic acids is 1. The first-order chi connectivity index (χ1) is 11.2. The third kappa shape index (κ3) is 4.22. The number of carbonyl (C=O) groups is 1. The third-order valence-electron chi connectivity index (χ3n) is 4.40. The summed E-state index contributed by atoms with van der Waals surface area (Å²) in [6.07, 6.45) is 2.46. The van der Waals surface area contributed by atoms with Gasteiger partial charge < -0.3 is 19.3 Å². The Bertz CT molecular complexity index is 529. The summed E-state index contributed by atoms with van der Waals surface area (Å²) in [7, 11) is 0. The topological polar surface area (TPSA) is 68.2 Å². The van der Waals surface area contributed by atoms with Crippen LogP contribution in [0.25, 0.3) is 0 Å². The van der Waals surface area contributed by atoms with E-state index < -0.39 is 5.97 Å². The van der Waals surface area contributed by atoms with Crippen LogP contribution in [-0.4, -0.2) is 67.6 Å². The van der Waals surface area contributed by atoms with E-state index in [1.54, 1.807) is 24.3 Å². The number of hydrogen-bond donors (Lipinski definition) is 1. The smallest absolute Gasteiger partial charge is 0.335 e. The highest BCUT2D eigenvalue weighted by Crippen LogP contribution is 2.22. The molecular formula is C17H23NO5. The minimum absolute atomic E-state index is 0.242. The summed E-state index contributed by atoms with van der Waals surface area (Å²) in [4.78, 5) is 13.3. The summed E-state index contributed by atoms with van der Waals surface area (Å²) in [5.74, 6) is -0.353. The molecule has 2 aliphatic rings. The number of carboxylic acid groups (broad SMARTS) is 1. The van der Waals surface area contributed by atoms with Gasteiger partial charge in [0, 0.05) is 19.7 Å². The quantitative estimate of drug-likeness (QED) is 0.859. The van der Waals surface area contributed by atoms with Crippen LogP contribution in [0.2, 0.25) is 0 Å². The first-order valence-corrected chi connectivity index (χ1v) is 8.13. The number of morpholine rings is 1. The molecule has 0 aromatic heterocycles. The van der Waals surface area contributed by atoms with Crippen LogP contribution < -0.4 is 4.74 Å². The van der Waals surface area contributed by atoms with Crippen molar-refractivity contribution in [3.05, 3.63) is 29.8 Å². The molecule has 2 aliphatic heterocycles. The van der Waals surface area contributed by atoms with E-state index in [0.29, 0.717) is 25.0 Å². The van der Waals surface area contributed by atoms with Gasteiger partial charge in [-0.2, -0.15) is 0 Å². The molecule has 6 heteroatoms. The van der Waals surface area contributed by atoms with Crippen LogP contribution in [0.3, 0.4) is 0 Å². The zero-order valence-electron chi connectivity index (χ0n) is 13.1. The second kappa shape index (κ2) is 7.77. The maximum Gasteiger partial charge on any atom is 0.335 e. The fraction of sp³-hybridized carbons (Fsp3) is 0.588. The number of rotatable bonds is 6. The van der Waals surface area contributed by atoms with Crippen molar-refractivity contribution >= 4 is 5.97 Å². The van der Waals surface area contributed by atoms with E-state index in [2.05, 4.69) is 4.90 Å². The highest BCUT2D eigenvalue weighted by atomic mass is 16.5. The largest absolute Gasteiger partial charge is 0.492 e. The molecule has 126 valence electrons. The molecule has 1 aromatic carbocycles. The molecule has 23 heavy (non-hydrogen) atoms. The normalized spacial score (nSPS) is 25.4. The van der Waals surface area contributed by atoms with Gasteiger partial charge >= 0.3 is 5.97 Å². The second-order valence-corrected chi connectivity index (χ2v) is 5.91. The van der Waals surface area contributed by atoms with Gasteiger partial charge in [-0.25, -0.2) is 4.79 Å². The summed E-state index contributed by atoms with van der Waals surface area (Å²) in [6, 6.07) is 6.88. The molecular weight excluding hydrogens is 298 g/mol. The van der Waals surface area contributed by atoms with Crippen molar-refractivity contribution in [3.8, 4) is 5.75 Å². The Morgan fingerprint density at radius 3 is 3.09 bits per heavy atom. The number of ether oxygens (including phenoxy) is 3. The lowest BCUT2D eigenvalue weighted by Crippen LogP contribution is -2.52. The number of benzene rings is 1. The molecule has 2 heterocycles. The average molecular weight is 321 g/mol. The van der Waals surface area contributed by atoms with Gasteiger partial charge in [-0.15, -0.1) is 0 Å². The fourth-order valence-corrected chi connectivity index (χ4v) is 3.18. The van der Waals surface area contributed by atoms with Crippen LogP contribution in [0.4, 0.5) is 0 Å². The lowest BCUT2D eigenvalue weighted by atomic mass is 10.1. The van der Waals surface area contributed by atoms with Crippen LogP contribution in [0.1, 0.15) is 23.2 Å². The van der Waals surface area contributed by atoms with E-state index in [9.17, 15) is 4.79 Å². The highest BCUT2D eigenvalue weighted by molar-refractivity contribution is 5.87.